The maximum Gasteiger partial charge on any atom is 0.416 e. The molecule has 29 heavy (non-hydrogen) atoms. The lowest BCUT2D eigenvalue weighted by Gasteiger charge is -2.22. The van der Waals surface area contributed by atoms with Crippen molar-refractivity contribution in [3.05, 3.63) is 65.2 Å². The van der Waals surface area contributed by atoms with Gasteiger partial charge < -0.3 is 5.32 Å². The van der Waals surface area contributed by atoms with Crippen molar-refractivity contribution in [1.29, 1.82) is 0 Å². The lowest BCUT2D eigenvalue weighted by Crippen LogP contribution is -2.40. The summed E-state index contributed by atoms with van der Waals surface area (Å²) in [5.74, 6) is -0.586. The van der Waals surface area contributed by atoms with Gasteiger partial charge in [-0.2, -0.15) is 13.2 Å². The van der Waals surface area contributed by atoms with Crippen molar-refractivity contribution in [2.75, 3.05) is 23.7 Å². The first-order valence-corrected chi connectivity index (χ1v) is 10.8. The number of nitrogens with zero attached hydrogens (tertiary/aromatic N) is 1. The molecule has 5 nitrogen and oxygen atoms in total. The van der Waals surface area contributed by atoms with Crippen molar-refractivity contribution < 1.29 is 26.4 Å². The third kappa shape index (κ3) is 7.08. The van der Waals surface area contributed by atoms with Crippen molar-refractivity contribution in [2.24, 2.45) is 0 Å². The highest BCUT2D eigenvalue weighted by Crippen LogP contribution is 2.32. The molecule has 0 aromatic heterocycles. The predicted octanol–water partition coefficient (Wildman–Crippen LogP) is 3.53. The van der Waals surface area contributed by atoms with E-state index >= 15 is 0 Å². The zero-order valence-corrected chi connectivity index (χ0v) is 17.0. The molecule has 0 fully saturated rings. The average Bonchev–Trinajstić information content (AvgIpc) is 2.62. The topological polar surface area (TPSA) is 66.5 Å². The van der Waals surface area contributed by atoms with Gasteiger partial charge in [0.15, 0.2) is 0 Å². The number of benzene rings is 2. The maximum absolute atomic E-state index is 12.9. The number of carbonyl (C=O) groups is 1. The molecule has 0 bridgehead atoms. The Morgan fingerprint density at radius 3 is 2.41 bits per heavy atom. The quantitative estimate of drug-likeness (QED) is 0.654. The molecule has 0 atom stereocenters. The Labute approximate surface area is 168 Å². The first-order valence-electron chi connectivity index (χ1n) is 8.94. The highest BCUT2D eigenvalue weighted by molar-refractivity contribution is 7.92. The summed E-state index contributed by atoms with van der Waals surface area (Å²) in [6.07, 6.45) is -2.38. The predicted molar refractivity (Wildman–Crippen MR) is 106 cm³/mol. The van der Waals surface area contributed by atoms with E-state index in [1.165, 1.54) is 6.07 Å². The summed E-state index contributed by atoms with van der Waals surface area (Å²) in [5, 5.41) is 2.62. The van der Waals surface area contributed by atoms with Crippen molar-refractivity contribution in [3.8, 4) is 0 Å². The Balaban J connectivity index is 1.99. The summed E-state index contributed by atoms with van der Waals surface area (Å²) in [6.45, 7) is 1.72. The van der Waals surface area contributed by atoms with E-state index in [1.54, 1.807) is 0 Å². The molecule has 0 saturated carbocycles. The summed E-state index contributed by atoms with van der Waals surface area (Å²) in [5.41, 5.74) is 1.07. The lowest BCUT2D eigenvalue weighted by molar-refractivity contribution is -0.137. The molecule has 0 heterocycles. The molecule has 9 heteroatoms. The number of hydrogen-bond acceptors (Lipinski definition) is 3. The highest BCUT2D eigenvalue weighted by atomic mass is 32.2. The summed E-state index contributed by atoms with van der Waals surface area (Å²) in [6, 6.07) is 11.8. The average molecular weight is 428 g/mol. The van der Waals surface area contributed by atoms with E-state index < -0.39 is 34.2 Å². The molecule has 1 amide bonds. The first-order chi connectivity index (χ1) is 13.5. The number of aryl methyl sites for hydroxylation is 2. The van der Waals surface area contributed by atoms with Crippen LogP contribution in [0.3, 0.4) is 0 Å². The lowest BCUT2D eigenvalue weighted by atomic mass is 10.1. The van der Waals surface area contributed by atoms with E-state index in [0.717, 1.165) is 35.9 Å². The molecule has 158 valence electrons. The van der Waals surface area contributed by atoms with Gasteiger partial charge in [-0.3, -0.25) is 9.10 Å². The third-order valence-electron chi connectivity index (χ3n) is 4.20. The fourth-order valence-corrected chi connectivity index (χ4v) is 3.66. The smallest absolute Gasteiger partial charge is 0.355 e. The van der Waals surface area contributed by atoms with Gasteiger partial charge in [-0.25, -0.2) is 8.42 Å². The number of anilines is 1. The first kappa shape index (κ1) is 22.7. The number of nitrogens with one attached hydrogen (secondary N) is 1. The molecule has 1 N–H and O–H groups in total. The van der Waals surface area contributed by atoms with Crippen molar-refractivity contribution in [1.82, 2.24) is 5.32 Å². The van der Waals surface area contributed by atoms with E-state index in [9.17, 15) is 26.4 Å². The van der Waals surface area contributed by atoms with Crippen molar-refractivity contribution in [2.45, 2.75) is 25.9 Å². The van der Waals surface area contributed by atoms with E-state index in [0.29, 0.717) is 23.3 Å². The van der Waals surface area contributed by atoms with Crippen LogP contribution in [0.5, 0.6) is 0 Å². The normalized spacial score (nSPS) is 11.9. The van der Waals surface area contributed by atoms with Gasteiger partial charge in [-0.1, -0.05) is 35.9 Å². The Bertz CT molecular complexity index is 959. The number of halogens is 3. The van der Waals surface area contributed by atoms with Crippen LogP contribution in [0.1, 0.15) is 23.1 Å². The van der Waals surface area contributed by atoms with Gasteiger partial charge in [-0.15, -0.1) is 0 Å². The van der Waals surface area contributed by atoms with Crippen LogP contribution in [0.4, 0.5) is 18.9 Å². The van der Waals surface area contributed by atoms with E-state index in [4.69, 9.17) is 0 Å². The van der Waals surface area contributed by atoms with Crippen LogP contribution in [-0.4, -0.2) is 33.7 Å². The Hall–Kier alpha value is -2.55. The minimum Gasteiger partial charge on any atom is -0.355 e. The highest BCUT2D eigenvalue weighted by Gasteiger charge is 2.31. The number of carbonyl (C=O) groups excluding carboxylic acids is 1. The van der Waals surface area contributed by atoms with Crippen LogP contribution < -0.4 is 9.62 Å². The maximum atomic E-state index is 12.9. The molecule has 0 unspecified atom stereocenters. The summed E-state index contributed by atoms with van der Waals surface area (Å²) in [4.78, 5) is 12.2. The van der Waals surface area contributed by atoms with Crippen molar-refractivity contribution >= 4 is 21.6 Å². The second kappa shape index (κ2) is 9.30. The van der Waals surface area contributed by atoms with Crippen LogP contribution in [-0.2, 0) is 27.4 Å². The number of amides is 1. The molecule has 0 spiro atoms. The largest absolute Gasteiger partial charge is 0.416 e. The third-order valence-corrected chi connectivity index (χ3v) is 5.34. The Kier molecular flexibility index (Phi) is 7.29. The zero-order valence-electron chi connectivity index (χ0n) is 16.2. The number of alkyl halides is 3. The Morgan fingerprint density at radius 2 is 1.79 bits per heavy atom. The number of hydrogen-bond donors (Lipinski definition) is 1. The molecule has 2 rings (SSSR count). The number of rotatable bonds is 8. The van der Waals surface area contributed by atoms with Crippen LogP contribution in [0.25, 0.3) is 0 Å². The SMILES string of the molecule is Cc1cccc(CCCNC(=O)CN(c2cccc(C(F)(F)F)c2)S(C)(=O)=O)c1. The fraction of sp³-hybridized carbons (Fsp3) is 0.350. The molecule has 0 radical (unpaired) electrons. The van der Waals surface area contributed by atoms with Gasteiger partial charge in [0.25, 0.3) is 0 Å². The minimum atomic E-state index is -4.61. The molecular weight excluding hydrogens is 405 g/mol. The van der Waals surface area contributed by atoms with Gasteiger partial charge in [0.05, 0.1) is 17.5 Å². The van der Waals surface area contributed by atoms with Crippen LogP contribution in [0, 0.1) is 6.92 Å². The molecule has 0 aliphatic heterocycles. The summed E-state index contributed by atoms with van der Waals surface area (Å²) >= 11 is 0. The molecule has 0 aliphatic carbocycles. The minimum absolute atomic E-state index is 0.211. The van der Waals surface area contributed by atoms with E-state index in [-0.39, 0.29) is 5.69 Å². The van der Waals surface area contributed by atoms with Crippen LogP contribution >= 0.6 is 0 Å². The molecule has 0 aliphatic rings. The Morgan fingerprint density at radius 1 is 1.10 bits per heavy atom. The van der Waals surface area contributed by atoms with E-state index in [2.05, 4.69) is 5.32 Å². The number of sulfonamides is 1. The van der Waals surface area contributed by atoms with E-state index in [1.807, 2.05) is 31.2 Å². The van der Waals surface area contributed by atoms with Crippen LogP contribution in [0.2, 0.25) is 0 Å². The second-order valence-corrected chi connectivity index (χ2v) is 8.67. The van der Waals surface area contributed by atoms with Gasteiger partial charge >= 0.3 is 6.18 Å². The zero-order chi connectivity index (χ0) is 21.7. The second-order valence-electron chi connectivity index (χ2n) is 6.76. The van der Waals surface area contributed by atoms with Gasteiger partial charge in [0.1, 0.15) is 6.54 Å². The standard InChI is InChI=1S/C20H23F3N2O3S/c1-15-6-3-7-16(12-15)8-5-11-24-19(26)14-25(29(2,27)28)18-10-4-9-17(13-18)20(21,22)23/h3-4,6-7,9-10,12-13H,5,8,11,14H2,1-2H3,(H,24,26). The van der Waals surface area contributed by atoms with Crippen LogP contribution in [0.15, 0.2) is 48.5 Å². The van der Waals surface area contributed by atoms with Gasteiger partial charge in [0.2, 0.25) is 15.9 Å². The summed E-state index contributed by atoms with van der Waals surface area (Å²) in [7, 11) is -3.95. The molecular formula is C20H23F3N2O3S. The van der Waals surface area contributed by atoms with Crippen molar-refractivity contribution in [3.63, 3.8) is 0 Å². The molecule has 2 aromatic rings. The monoisotopic (exact) mass is 428 g/mol. The van der Waals surface area contributed by atoms with Gasteiger partial charge in [-0.05, 0) is 43.5 Å². The molecule has 0 saturated heterocycles. The van der Waals surface area contributed by atoms with Gasteiger partial charge in [0, 0.05) is 6.54 Å². The summed E-state index contributed by atoms with van der Waals surface area (Å²) < 4.78 is 63.5. The molecule has 2 aromatic carbocycles. The fourth-order valence-electron chi connectivity index (χ4n) is 2.81.